The second-order valence-electron chi connectivity index (χ2n) is 7.12. The van der Waals surface area contributed by atoms with Gasteiger partial charge in [0.05, 0.1) is 17.8 Å². The Morgan fingerprint density at radius 1 is 1.19 bits per heavy atom. The fourth-order valence-electron chi connectivity index (χ4n) is 2.25. The summed E-state index contributed by atoms with van der Waals surface area (Å²) >= 11 is 0. The molecule has 0 aliphatic rings. The molecule has 1 aromatic heterocycles. The lowest BCUT2D eigenvalue weighted by Crippen LogP contribution is -2.46. The standard InChI is InChI=1S/C19H24N4O4/c1-19(2,3)21-16(24)12-22(4)17(25)13-27-18(26)14-6-8-15(9-7-14)23-11-5-10-20-23/h5-11H,12-13H2,1-4H3,(H,21,24). The van der Waals surface area contributed by atoms with Crippen molar-refractivity contribution >= 4 is 17.8 Å². The molecule has 0 radical (unpaired) electrons. The van der Waals surface area contributed by atoms with Crippen LogP contribution in [0.5, 0.6) is 0 Å². The molecule has 0 saturated heterocycles. The Morgan fingerprint density at radius 2 is 1.85 bits per heavy atom. The van der Waals surface area contributed by atoms with Gasteiger partial charge in [0.15, 0.2) is 6.61 Å². The van der Waals surface area contributed by atoms with Gasteiger partial charge in [0.2, 0.25) is 5.91 Å². The number of nitrogens with zero attached hydrogens (tertiary/aromatic N) is 3. The number of esters is 1. The number of nitrogens with one attached hydrogen (secondary N) is 1. The zero-order chi connectivity index (χ0) is 20.0. The van der Waals surface area contributed by atoms with E-state index in [4.69, 9.17) is 4.74 Å². The summed E-state index contributed by atoms with van der Waals surface area (Å²) in [7, 11) is 1.48. The van der Waals surface area contributed by atoms with Gasteiger partial charge in [0.1, 0.15) is 0 Å². The maximum absolute atomic E-state index is 12.1. The molecule has 0 unspecified atom stereocenters. The predicted molar refractivity (Wildman–Crippen MR) is 99.4 cm³/mol. The molecule has 2 amide bonds. The maximum Gasteiger partial charge on any atom is 0.338 e. The van der Waals surface area contributed by atoms with Crippen LogP contribution >= 0.6 is 0 Å². The molecule has 1 aromatic carbocycles. The van der Waals surface area contributed by atoms with Crippen LogP contribution in [0.1, 0.15) is 31.1 Å². The van der Waals surface area contributed by atoms with Crippen LogP contribution in [-0.4, -0.2) is 58.2 Å². The monoisotopic (exact) mass is 372 g/mol. The topological polar surface area (TPSA) is 93.5 Å². The SMILES string of the molecule is CN(CC(=O)NC(C)(C)C)C(=O)COC(=O)c1ccc(-n2cccn2)cc1. The van der Waals surface area contributed by atoms with Crippen molar-refractivity contribution in [3.63, 3.8) is 0 Å². The summed E-state index contributed by atoms with van der Waals surface area (Å²) in [5.41, 5.74) is 0.750. The average molecular weight is 372 g/mol. The van der Waals surface area contributed by atoms with Crippen LogP contribution < -0.4 is 5.32 Å². The zero-order valence-electron chi connectivity index (χ0n) is 15.9. The molecular formula is C19H24N4O4. The molecule has 1 N–H and O–H groups in total. The van der Waals surface area contributed by atoms with Gasteiger partial charge in [-0.15, -0.1) is 0 Å². The second kappa shape index (κ2) is 8.48. The zero-order valence-corrected chi connectivity index (χ0v) is 15.9. The van der Waals surface area contributed by atoms with Gasteiger partial charge in [-0.25, -0.2) is 9.48 Å². The van der Waals surface area contributed by atoms with Crippen LogP contribution in [0.15, 0.2) is 42.7 Å². The van der Waals surface area contributed by atoms with Crippen LogP contribution in [0.25, 0.3) is 5.69 Å². The van der Waals surface area contributed by atoms with Crippen molar-refractivity contribution in [2.45, 2.75) is 26.3 Å². The summed E-state index contributed by atoms with van der Waals surface area (Å²) in [4.78, 5) is 37.2. The lowest BCUT2D eigenvalue weighted by atomic mass is 10.1. The van der Waals surface area contributed by atoms with E-state index in [1.54, 1.807) is 47.4 Å². The Hall–Kier alpha value is -3.16. The molecule has 2 rings (SSSR count). The summed E-state index contributed by atoms with van der Waals surface area (Å²) in [5, 5.41) is 6.87. The van der Waals surface area contributed by atoms with E-state index in [0.717, 1.165) is 5.69 Å². The van der Waals surface area contributed by atoms with Gasteiger partial charge in [-0.05, 0) is 51.1 Å². The van der Waals surface area contributed by atoms with Crippen molar-refractivity contribution in [3.05, 3.63) is 48.3 Å². The molecule has 0 aliphatic heterocycles. The normalized spacial score (nSPS) is 11.0. The quantitative estimate of drug-likeness (QED) is 0.774. The molecule has 27 heavy (non-hydrogen) atoms. The molecule has 8 nitrogen and oxygen atoms in total. The van der Waals surface area contributed by atoms with Crippen molar-refractivity contribution < 1.29 is 19.1 Å². The van der Waals surface area contributed by atoms with Crippen molar-refractivity contribution in [2.75, 3.05) is 20.2 Å². The number of aromatic nitrogens is 2. The highest BCUT2D eigenvalue weighted by molar-refractivity contribution is 5.92. The third-order valence-corrected chi connectivity index (χ3v) is 3.52. The Morgan fingerprint density at radius 3 is 2.41 bits per heavy atom. The van der Waals surface area contributed by atoms with Crippen LogP contribution in [-0.2, 0) is 14.3 Å². The number of hydrogen-bond donors (Lipinski definition) is 1. The Balaban J connectivity index is 1.83. The van der Waals surface area contributed by atoms with Crippen LogP contribution in [0.3, 0.4) is 0 Å². The Labute approximate surface area is 158 Å². The highest BCUT2D eigenvalue weighted by Gasteiger charge is 2.19. The molecular weight excluding hydrogens is 348 g/mol. The number of carbonyl (C=O) groups excluding carboxylic acids is 3. The molecule has 8 heteroatoms. The van der Waals surface area contributed by atoms with Gasteiger partial charge in [-0.1, -0.05) is 0 Å². The first-order valence-corrected chi connectivity index (χ1v) is 8.48. The van der Waals surface area contributed by atoms with Crippen LogP contribution in [0.2, 0.25) is 0 Å². The average Bonchev–Trinajstić information content (AvgIpc) is 3.12. The van der Waals surface area contributed by atoms with Gasteiger partial charge in [0, 0.05) is 25.0 Å². The van der Waals surface area contributed by atoms with E-state index in [2.05, 4.69) is 10.4 Å². The van der Waals surface area contributed by atoms with Crippen molar-refractivity contribution in [1.29, 1.82) is 0 Å². The number of hydrogen-bond acceptors (Lipinski definition) is 5. The van der Waals surface area contributed by atoms with E-state index < -0.39 is 18.5 Å². The van der Waals surface area contributed by atoms with E-state index in [9.17, 15) is 14.4 Å². The third kappa shape index (κ3) is 6.25. The first-order chi connectivity index (χ1) is 12.7. The number of rotatable bonds is 6. The smallest absolute Gasteiger partial charge is 0.338 e. The van der Waals surface area contributed by atoms with Crippen molar-refractivity contribution in [1.82, 2.24) is 20.0 Å². The Kier molecular flexibility index (Phi) is 6.33. The molecule has 0 spiro atoms. The van der Waals surface area contributed by atoms with Gasteiger partial charge in [0.25, 0.3) is 5.91 Å². The third-order valence-electron chi connectivity index (χ3n) is 3.52. The van der Waals surface area contributed by atoms with E-state index in [-0.39, 0.29) is 18.0 Å². The largest absolute Gasteiger partial charge is 0.452 e. The number of amides is 2. The number of carbonyl (C=O) groups is 3. The van der Waals surface area contributed by atoms with Crippen LogP contribution in [0.4, 0.5) is 0 Å². The molecule has 0 fully saturated rings. The minimum absolute atomic E-state index is 0.105. The molecule has 0 bridgehead atoms. The molecule has 2 aromatic rings. The van der Waals surface area contributed by atoms with Gasteiger partial charge in [-0.2, -0.15) is 5.10 Å². The van der Waals surface area contributed by atoms with E-state index in [1.165, 1.54) is 11.9 Å². The lowest BCUT2D eigenvalue weighted by molar-refractivity contribution is -0.137. The second-order valence-corrected chi connectivity index (χ2v) is 7.12. The Bertz CT molecular complexity index is 792. The minimum atomic E-state index is -0.608. The first kappa shape index (κ1) is 20.2. The first-order valence-electron chi connectivity index (χ1n) is 8.48. The summed E-state index contributed by atoms with van der Waals surface area (Å²) in [6, 6.07) is 8.46. The summed E-state index contributed by atoms with van der Waals surface area (Å²) < 4.78 is 6.70. The molecule has 144 valence electrons. The number of benzene rings is 1. The number of likely N-dealkylation sites (N-methyl/N-ethyl adjacent to an activating group) is 1. The maximum atomic E-state index is 12.1. The van der Waals surface area contributed by atoms with E-state index in [1.807, 2.05) is 20.8 Å². The van der Waals surface area contributed by atoms with E-state index >= 15 is 0 Å². The number of ether oxygens (including phenoxy) is 1. The van der Waals surface area contributed by atoms with Gasteiger partial charge < -0.3 is 15.0 Å². The molecule has 0 saturated carbocycles. The fraction of sp³-hybridized carbons (Fsp3) is 0.368. The molecule has 1 heterocycles. The molecule has 0 atom stereocenters. The fourth-order valence-corrected chi connectivity index (χ4v) is 2.25. The molecule has 0 aliphatic carbocycles. The highest BCUT2D eigenvalue weighted by atomic mass is 16.5. The highest BCUT2D eigenvalue weighted by Crippen LogP contribution is 2.09. The van der Waals surface area contributed by atoms with Crippen LogP contribution in [0, 0.1) is 0 Å². The summed E-state index contributed by atoms with van der Waals surface area (Å²) in [5.74, 6) is -1.35. The summed E-state index contributed by atoms with van der Waals surface area (Å²) in [6.07, 6.45) is 3.45. The van der Waals surface area contributed by atoms with Crippen molar-refractivity contribution in [2.24, 2.45) is 0 Å². The van der Waals surface area contributed by atoms with Gasteiger partial charge >= 0.3 is 5.97 Å². The minimum Gasteiger partial charge on any atom is -0.452 e. The summed E-state index contributed by atoms with van der Waals surface area (Å²) in [6.45, 7) is 5.02. The van der Waals surface area contributed by atoms with Crippen molar-refractivity contribution in [3.8, 4) is 5.69 Å². The van der Waals surface area contributed by atoms with E-state index in [0.29, 0.717) is 5.56 Å². The lowest BCUT2D eigenvalue weighted by Gasteiger charge is -2.23. The van der Waals surface area contributed by atoms with Gasteiger partial charge in [-0.3, -0.25) is 9.59 Å². The predicted octanol–water partition coefficient (Wildman–Crippen LogP) is 1.40.